The first-order valence-electron chi connectivity index (χ1n) is 7.41. The van der Waals surface area contributed by atoms with E-state index >= 15 is 0 Å². The van der Waals surface area contributed by atoms with Gasteiger partial charge < -0.3 is 20.4 Å². The summed E-state index contributed by atoms with van der Waals surface area (Å²) in [4.78, 5) is 7.09. The van der Waals surface area contributed by atoms with Gasteiger partial charge in [-0.25, -0.2) is 4.98 Å². The zero-order valence-corrected chi connectivity index (χ0v) is 12.1. The Morgan fingerprint density at radius 3 is 2.76 bits per heavy atom. The maximum atomic E-state index is 8.78. The van der Waals surface area contributed by atoms with Gasteiger partial charge in [0.1, 0.15) is 11.7 Å². The summed E-state index contributed by atoms with van der Waals surface area (Å²) < 4.78 is 2.19. The number of amidine groups is 1. The first-order chi connectivity index (χ1) is 10.3. The topological polar surface area (TPSA) is 79.7 Å². The van der Waals surface area contributed by atoms with Gasteiger partial charge in [-0.2, -0.15) is 0 Å². The highest BCUT2D eigenvalue weighted by atomic mass is 16.4. The summed E-state index contributed by atoms with van der Waals surface area (Å²) in [6.45, 7) is 4.27. The molecule has 0 bridgehead atoms. The van der Waals surface area contributed by atoms with Crippen molar-refractivity contribution in [2.75, 3.05) is 19.6 Å². The van der Waals surface area contributed by atoms with Crippen molar-refractivity contribution in [3.63, 3.8) is 0 Å². The summed E-state index contributed by atoms with van der Waals surface area (Å²) in [7, 11) is 0. The van der Waals surface area contributed by atoms with Gasteiger partial charge in [0.25, 0.3) is 0 Å². The highest BCUT2D eigenvalue weighted by Crippen LogP contribution is 2.17. The van der Waals surface area contributed by atoms with E-state index in [1.165, 1.54) is 25.9 Å². The van der Waals surface area contributed by atoms with Gasteiger partial charge in [0, 0.05) is 13.1 Å². The quantitative estimate of drug-likeness (QED) is 0.377. The van der Waals surface area contributed by atoms with Crippen molar-refractivity contribution in [1.29, 1.82) is 0 Å². The Balaban J connectivity index is 1.87. The molecule has 0 saturated carbocycles. The van der Waals surface area contributed by atoms with Crippen LogP contribution in [-0.4, -0.2) is 45.1 Å². The number of hydrogen-bond acceptors (Lipinski definition) is 4. The lowest BCUT2D eigenvalue weighted by atomic mass is 10.3. The zero-order valence-electron chi connectivity index (χ0n) is 12.1. The minimum atomic E-state index is 0.188. The molecule has 1 saturated heterocycles. The van der Waals surface area contributed by atoms with Crippen molar-refractivity contribution in [3.8, 4) is 0 Å². The number of nitrogens with zero attached hydrogens (tertiary/aromatic N) is 4. The van der Waals surface area contributed by atoms with Gasteiger partial charge in [0.2, 0.25) is 0 Å². The Hall–Kier alpha value is -2.08. The monoisotopic (exact) mass is 287 g/mol. The number of imidazole rings is 1. The molecule has 0 atom stereocenters. The number of aromatic nitrogens is 2. The van der Waals surface area contributed by atoms with Crippen LogP contribution in [0.25, 0.3) is 11.0 Å². The van der Waals surface area contributed by atoms with Crippen LogP contribution >= 0.6 is 0 Å². The molecule has 2 heterocycles. The normalized spacial score (nSPS) is 16.9. The second-order valence-corrected chi connectivity index (χ2v) is 5.49. The Morgan fingerprint density at radius 1 is 1.24 bits per heavy atom. The van der Waals surface area contributed by atoms with Crippen LogP contribution in [0.4, 0.5) is 0 Å². The molecule has 1 aromatic carbocycles. The Labute approximate surface area is 123 Å². The minimum absolute atomic E-state index is 0.188. The average molecular weight is 287 g/mol. The van der Waals surface area contributed by atoms with E-state index in [1.807, 2.05) is 18.2 Å². The molecule has 1 aromatic heterocycles. The lowest BCUT2D eigenvalue weighted by molar-refractivity contribution is 0.316. The van der Waals surface area contributed by atoms with E-state index in [1.54, 1.807) is 0 Å². The summed E-state index contributed by atoms with van der Waals surface area (Å²) in [6, 6.07) is 8.07. The maximum absolute atomic E-state index is 8.78. The second-order valence-electron chi connectivity index (χ2n) is 5.49. The van der Waals surface area contributed by atoms with Crippen molar-refractivity contribution in [1.82, 2.24) is 14.5 Å². The molecule has 6 nitrogen and oxygen atoms in total. The van der Waals surface area contributed by atoms with Gasteiger partial charge in [-0.15, -0.1) is 0 Å². The van der Waals surface area contributed by atoms with Crippen molar-refractivity contribution in [2.24, 2.45) is 10.9 Å². The number of likely N-dealkylation sites (tertiary alicyclic amines) is 1. The molecule has 1 fully saturated rings. The molecule has 112 valence electrons. The van der Waals surface area contributed by atoms with E-state index in [0.29, 0.717) is 6.42 Å². The molecular weight excluding hydrogens is 266 g/mol. The predicted molar refractivity (Wildman–Crippen MR) is 82.5 cm³/mol. The minimum Gasteiger partial charge on any atom is -0.409 e. The third-order valence-corrected chi connectivity index (χ3v) is 4.04. The first-order valence-corrected chi connectivity index (χ1v) is 7.41. The van der Waals surface area contributed by atoms with Gasteiger partial charge in [-0.3, -0.25) is 0 Å². The van der Waals surface area contributed by atoms with Gasteiger partial charge >= 0.3 is 0 Å². The summed E-state index contributed by atoms with van der Waals surface area (Å²) in [6.07, 6.45) is 2.95. The van der Waals surface area contributed by atoms with Crippen LogP contribution in [-0.2, 0) is 13.0 Å². The SMILES string of the molecule is N/C(Cc1nc2ccccc2n1CCN1CCCC1)=N/O. The molecule has 0 unspecified atom stereocenters. The van der Waals surface area contributed by atoms with Crippen LogP contribution in [0.1, 0.15) is 18.7 Å². The van der Waals surface area contributed by atoms with Crippen molar-refractivity contribution in [3.05, 3.63) is 30.1 Å². The molecule has 0 radical (unpaired) electrons. The highest BCUT2D eigenvalue weighted by Gasteiger charge is 2.15. The van der Waals surface area contributed by atoms with Crippen molar-refractivity contribution < 1.29 is 5.21 Å². The van der Waals surface area contributed by atoms with Gasteiger partial charge in [0.05, 0.1) is 17.5 Å². The van der Waals surface area contributed by atoms with E-state index < -0.39 is 0 Å². The molecule has 1 aliphatic rings. The van der Waals surface area contributed by atoms with E-state index in [0.717, 1.165) is 29.9 Å². The van der Waals surface area contributed by atoms with E-state index in [9.17, 15) is 0 Å². The molecule has 0 aliphatic carbocycles. The molecular formula is C15H21N5O. The van der Waals surface area contributed by atoms with Gasteiger partial charge in [-0.1, -0.05) is 17.3 Å². The third kappa shape index (κ3) is 3.00. The average Bonchev–Trinajstić information content (AvgIpc) is 3.12. The molecule has 3 N–H and O–H groups in total. The number of oxime groups is 1. The van der Waals surface area contributed by atoms with Crippen molar-refractivity contribution >= 4 is 16.9 Å². The molecule has 6 heteroatoms. The molecule has 3 rings (SSSR count). The van der Waals surface area contributed by atoms with Crippen LogP contribution in [0.5, 0.6) is 0 Å². The fourth-order valence-electron chi connectivity index (χ4n) is 2.95. The van der Waals surface area contributed by atoms with Gasteiger partial charge in [-0.05, 0) is 38.1 Å². The summed E-state index contributed by atoms with van der Waals surface area (Å²) in [5, 5.41) is 11.8. The Kier molecular flexibility index (Phi) is 4.06. The number of benzene rings is 1. The molecule has 1 aliphatic heterocycles. The lowest BCUT2D eigenvalue weighted by Crippen LogP contribution is -2.25. The Bertz CT molecular complexity index is 643. The largest absolute Gasteiger partial charge is 0.409 e. The number of rotatable bonds is 5. The molecule has 0 amide bonds. The first kappa shape index (κ1) is 13.9. The van der Waals surface area contributed by atoms with Crippen LogP contribution in [0.15, 0.2) is 29.4 Å². The molecule has 21 heavy (non-hydrogen) atoms. The van der Waals surface area contributed by atoms with Crippen molar-refractivity contribution in [2.45, 2.75) is 25.8 Å². The second kappa shape index (κ2) is 6.13. The van der Waals surface area contributed by atoms with Crippen LogP contribution in [0, 0.1) is 0 Å². The highest BCUT2D eigenvalue weighted by molar-refractivity contribution is 5.83. The summed E-state index contributed by atoms with van der Waals surface area (Å²) in [5.41, 5.74) is 7.72. The fourth-order valence-corrected chi connectivity index (χ4v) is 2.95. The molecule has 0 spiro atoms. The standard InChI is InChI=1S/C15H21N5O/c16-14(18-21)11-15-17-12-5-1-2-6-13(12)20(15)10-9-19-7-3-4-8-19/h1-2,5-6,21H,3-4,7-11H2,(H2,16,18). The summed E-state index contributed by atoms with van der Waals surface area (Å²) in [5.74, 6) is 1.04. The zero-order chi connectivity index (χ0) is 14.7. The smallest absolute Gasteiger partial charge is 0.146 e. The number of hydrogen-bond donors (Lipinski definition) is 2. The van der Waals surface area contributed by atoms with E-state index in [2.05, 4.69) is 25.7 Å². The van der Waals surface area contributed by atoms with E-state index in [-0.39, 0.29) is 5.84 Å². The number of fused-ring (bicyclic) bond motifs is 1. The van der Waals surface area contributed by atoms with E-state index in [4.69, 9.17) is 10.9 Å². The maximum Gasteiger partial charge on any atom is 0.146 e. The number of para-hydroxylation sites is 2. The fraction of sp³-hybridized carbons (Fsp3) is 0.467. The number of nitrogens with two attached hydrogens (primary N) is 1. The van der Waals surface area contributed by atoms with Crippen LogP contribution in [0.3, 0.4) is 0 Å². The third-order valence-electron chi connectivity index (χ3n) is 4.04. The van der Waals surface area contributed by atoms with Gasteiger partial charge in [0.15, 0.2) is 0 Å². The predicted octanol–water partition coefficient (Wildman–Crippen LogP) is 1.42. The summed E-state index contributed by atoms with van der Waals surface area (Å²) >= 11 is 0. The van der Waals surface area contributed by atoms with Crippen LogP contribution in [0.2, 0.25) is 0 Å². The lowest BCUT2D eigenvalue weighted by Gasteiger charge is -2.16. The Morgan fingerprint density at radius 2 is 2.00 bits per heavy atom. The molecule has 2 aromatic rings. The van der Waals surface area contributed by atoms with Crippen LogP contribution < -0.4 is 5.73 Å².